The predicted molar refractivity (Wildman–Crippen MR) is 94.2 cm³/mol. The second-order valence-electron chi connectivity index (χ2n) is 6.00. The van der Waals surface area contributed by atoms with Crippen LogP contribution >= 0.6 is 15.9 Å². The summed E-state index contributed by atoms with van der Waals surface area (Å²) in [5.41, 5.74) is 0.548. The molecule has 1 N–H and O–H groups in total. The van der Waals surface area contributed by atoms with Gasteiger partial charge in [-0.1, -0.05) is 15.9 Å². The molecule has 1 amide bonds. The number of pyridine rings is 1. The van der Waals surface area contributed by atoms with Crippen LogP contribution in [0.15, 0.2) is 56.3 Å². The minimum atomic E-state index is -0.351. The Morgan fingerprint density at radius 3 is 2.96 bits per heavy atom. The van der Waals surface area contributed by atoms with Crippen molar-refractivity contribution in [2.45, 2.75) is 12.3 Å². The zero-order valence-electron chi connectivity index (χ0n) is 12.8. The molecule has 1 aromatic carbocycles. The van der Waals surface area contributed by atoms with Crippen LogP contribution in [0.1, 0.15) is 28.5 Å². The Morgan fingerprint density at radius 1 is 1.29 bits per heavy atom. The summed E-state index contributed by atoms with van der Waals surface area (Å²) in [6.45, 7) is 1.20. The summed E-state index contributed by atoms with van der Waals surface area (Å²) >= 11 is 3.41. The van der Waals surface area contributed by atoms with E-state index in [0.717, 1.165) is 27.6 Å². The number of likely N-dealkylation sites (tertiary alicyclic amines) is 1. The van der Waals surface area contributed by atoms with Crippen LogP contribution in [0, 0.1) is 0 Å². The third-order valence-electron chi connectivity index (χ3n) is 4.46. The van der Waals surface area contributed by atoms with E-state index in [4.69, 9.17) is 4.42 Å². The van der Waals surface area contributed by atoms with E-state index in [1.807, 2.05) is 30.3 Å². The number of benzene rings is 1. The molecule has 4 rings (SSSR count). The number of nitrogens with one attached hydrogen (secondary N) is 1. The molecular formula is C18H15BrN2O3. The van der Waals surface area contributed by atoms with E-state index in [0.29, 0.717) is 13.1 Å². The number of amides is 1. The fraction of sp³-hybridized carbons (Fsp3) is 0.222. The van der Waals surface area contributed by atoms with Gasteiger partial charge in [0.1, 0.15) is 11.3 Å². The number of carbonyl (C=O) groups excluding carboxylic acids is 1. The second-order valence-corrected chi connectivity index (χ2v) is 6.91. The minimum absolute atomic E-state index is 0.181. The quantitative estimate of drug-likeness (QED) is 0.732. The molecule has 1 unspecified atom stereocenters. The summed E-state index contributed by atoms with van der Waals surface area (Å²) < 4.78 is 6.34. The van der Waals surface area contributed by atoms with E-state index in [1.54, 1.807) is 17.2 Å². The monoisotopic (exact) mass is 386 g/mol. The Bertz CT molecular complexity index is 962. The molecular weight excluding hydrogens is 372 g/mol. The van der Waals surface area contributed by atoms with Crippen LogP contribution in [0.5, 0.6) is 0 Å². The van der Waals surface area contributed by atoms with E-state index in [1.165, 1.54) is 0 Å². The lowest BCUT2D eigenvalue weighted by Crippen LogP contribution is -2.33. The third-order valence-corrected chi connectivity index (χ3v) is 4.95. The Kier molecular flexibility index (Phi) is 3.76. The fourth-order valence-electron chi connectivity index (χ4n) is 3.21. The number of rotatable bonds is 2. The molecule has 1 aliphatic rings. The Morgan fingerprint density at radius 2 is 2.17 bits per heavy atom. The van der Waals surface area contributed by atoms with E-state index in [2.05, 4.69) is 20.9 Å². The molecule has 1 saturated heterocycles. The molecule has 3 heterocycles. The number of carbonyl (C=O) groups is 1. The molecule has 3 aromatic rings. The Hall–Kier alpha value is -2.34. The predicted octanol–water partition coefficient (Wildman–Crippen LogP) is 3.51. The highest BCUT2D eigenvalue weighted by Crippen LogP contribution is 2.28. The standard InChI is InChI=1S/C18H15BrN2O3/c19-13-3-4-15-12(8-13)9-14(17(22)20-15)18(23)21-6-5-11(10-21)16-2-1-7-24-16/h1-4,7-9,11H,5-6,10H2,(H,20,22). The first kappa shape index (κ1) is 15.2. The average Bonchev–Trinajstić information content (AvgIpc) is 3.25. The van der Waals surface area contributed by atoms with Crippen molar-refractivity contribution in [2.75, 3.05) is 13.1 Å². The summed E-state index contributed by atoms with van der Waals surface area (Å²) in [4.78, 5) is 29.6. The van der Waals surface area contributed by atoms with Crippen LogP contribution in [0.2, 0.25) is 0 Å². The highest BCUT2D eigenvalue weighted by Gasteiger charge is 2.30. The van der Waals surface area contributed by atoms with Crippen molar-refractivity contribution in [2.24, 2.45) is 0 Å². The molecule has 122 valence electrons. The lowest BCUT2D eigenvalue weighted by Gasteiger charge is -2.16. The Balaban J connectivity index is 1.64. The number of H-pyrrole nitrogens is 1. The fourth-order valence-corrected chi connectivity index (χ4v) is 3.59. The molecule has 0 saturated carbocycles. The number of furan rings is 1. The summed E-state index contributed by atoms with van der Waals surface area (Å²) in [6, 6.07) is 11.0. The zero-order chi connectivity index (χ0) is 16.7. The van der Waals surface area contributed by atoms with Crippen LogP contribution in [0.3, 0.4) is 0 Å². The van der Waals surface area contributed by atoms with Gasteiger partial charge in [0.15, 0.2) is 0 Å². The molecule has 5 nitrogen and oxygen atoms in total. The van der Waals surface area contributed by atoms with Crippen LogP contribution in [0.4, 0.5) is 0 Å². The van der Waals surface area contributed by atoms with Crippen LogP contribution in [0.25, 0.3) is 10.9 Å². The molecule has 0 aliphatic carbocycles. The van der Waals surface area contributed by atoms with Gasteiger partial charge in [0, 0.05) is 34.4 Å². The highest BCUT2D eigenvalue weighted by molar-refractivity contribution is 9.10. The average molecular weight is 387 g/mol. The number of fused-ring (bicyclic) bond motifs is 1. The number of nitrogens with zero attached hydrogens (tertiary/aromatic N) is 1. The van der Waals surface area contributed by atoms with Gasteiger partial charge in [-0.2, -0.15) is 0 Å². The van der Waals surface area contributed by atoms with Gasteiger partial charge in [0.05, 0.1) is 6.26 Å². The van der Waals surface area contributed by atoms with Gasteiger partial charge in [0.2, 0.25) is 0 Å². The van der Waals surface area contributed by atoms with Crippen LogP contribution < -0.4 is 5.56 Å². The van der Waals surface area contributed by atoms with Crippen LogP contribution in [-0.4, -0.2) is 28.9 Å². The molecule has 0 radical (unpaired) electrons. The third kappa shape index (κ3) is 2.67. The molecule has 1 atom stereocenters. The minimum Gasteiger partial charge on any atom is -0.469 e. The summed E-state index contributed by atoms with van der Waals surface area (Å²) in [7, 11) is 0. The molecule has 1 fully saturated rings. The number of aromatic amines is 1. The van der Waals surface area contributed by atoms with Crippen molar-refractivity contribution in [3.8, 4) is 0 Å². The van der Waals surface area contributed by atoms with E-state index >= 15 is 0 Å². The van der Waals surface area contributed by atoms with Gasteiger partial charge in [0.25, 0.3) is 11.5 Å². The van der Waals surface area contributed by atoms with Gasteiger partial charge < -0.3 is 14.3 Å². The number of hydrogen-bond acceptors (Lipinski definition) is 3. The molecule has 0 bridgehead atoms. The smallest absolute Gasteiger partial charge is 0.261 e. The first-order valence-corrected chi connectivity index (χ1v) is 8.56. The van der Waals surface area contributed by atoms with Crippen molar-refractivity contribution >= 4 is 32.7 Å². The largest absolute Gasteiger partial charge is 0.469 e. The maximum absolute atomic E-state index is 12.8. The summed E-state index contributed by atoms with van der Waals surface area (Å²) in [6.07, 6.45) is 2.49. The molecule has 1 aliphatic heterocycles. The number of aromatic nitrogens is 1. The zero-order valence-corrected chi connectivity index (χ0v) is 14.4. The molecule has 0 spiro atoms. The first-order valence-electron chi connectivity index (χ1n) is 7.77. The lowest BCUT2D eigenvalue weighted by atomic mass is 10.1. The van der Waals surface area contributed by atoms with Gasteiger partial charge in [-0.05, 0) is 42.8 Å². The van der Waals surface area contributed by atoms with Crippen LogP contribution in [-0.2, 0) is 0 Å². The number of halogens is 1. The molecule has 2 aromatic heterocycles. The van der Waals surface area contributed by atoms with Crippen molar-refractivity contribution in [3.05, 3.63) is 68.8 Å². The highest BCUT2D eigenvalue weighted by atomic mass is 79.9. The molecule has 24 heavy (non-hydrogen) atoms. The lowest BCUT2D eigenvalue weighted by molar-refractivity contribution is 0.0788. The van der Waals surface area contributed by atoms with Crippen molar-refractivity contribution in [1.29, 1.82) is 0 Å². The van der Waals surface area contributed by atoms with Crippen molar-refractivity contribution in [3.63, 3.8) is 0 Å². The Labute approximate surface area is 146 Å². The van der Waals surface area contributed by atoms with Gasteiger partial charge in [-0.15, -0.1) is 0 Å². The van der Waals surface area contributed by atoms with E-state index < -0.39 is 0 Å². The topological polar surface area (TPSA) is 66.3 Å². The summed E-state index contributed by atoms with van der Waals surface area (Å²) in [5.74, 6) is 0.853. The maximum atomic E-state index is 12.8. The van der Waals surface area contributed by atoms with Gasteiger partial charge in [-0.25, -0.2) is 0 Å². The second kappa shape index (κ2) is 5.94. The summed E-state index contributed by atoms with van der Waals surface area (Å²) in [5, 5.41) is 0.828. The SMILES string of the molecule is O=C(c1cc2cc(Br)ccc2[nH]c1=O)N1CCC(c2ccco2)C1. The first-order chi connectivity index (χ1) is 11.6. The van der Waals surface area contributed by atoms with Gasteiger partial charge >= 0.3 is 0 Å². The number of hydrogen-bond donors (Lipinski definition) is 1. The van der Waals surface area contributed by atoms with Crippen molar-refractivity contribution < 1.29 is 9.21 Å². The van der Waals surface area contributed by atoms with Crippen molar-refractivity contribution in [1.82, 2.24) is 9.88 Å². The van der Waals surface area contributed by atoms with E-state index in [9.17, 15) is 9.59 Å². The van der Waals surface area contributed by atoms with Gasteiger partial charge in [-0.3, -0.25) is 9.59 Å². The molecule has 6 heteroatoms. The maximum Gasteiger partial charge on any atom is 0.261 e. The normalized spacial score (nSPS) is 17.5. The van der Waals surface area contributed by atoms with E-state index in [-0.39, 0.29) is 22.9 Å².